The first-order valence-corrected chi connectivity index (χ1v) is 7.31. The number of methoxy groups -OCH3 is 1. The fourth-order valence-electron chi connectivity index (χ4n) is 1.92. The van der Waals surface area contributed by atoms with Crippen molar-refractivity contribution < 1.29 is 4.74 Å². The van der Waals surface area contributed by atoms with Gasteiger partial charge >= 0.3 is 0 Å². The molecule has 0 atom stereocenters. The molecule has 0 aliphatic heterocycles. The highest BCUT2D eigenvalue weighted by atomic mass is 79.9. The van der Waals surface area contributed by atoms with E-state index in [4.69, 9.17) is 4.74 Å². The molecule has 106 valence electrons. The molecule has 0 radical (unpaired) electrons. The second kappa shape index (κ2) is 6.81. The maximum atomic E-state index is 5.21. The number of hydrogen-bond acceptors (Lipinski definition) is 4. The van der Waals surface area contributed by atoms with Gasteiger partial charge in [-0.1, -0.05) is 23.8 Å². The molecule has 1 aromatic heterocycles. The molecule has 0 aliphatic rings. The molecular weight excluding hydrogens is 318 g/mol. The van der Waals surface area contributed by atoms with Gasteiger partial charge in [0.1, 0.15) is 5.82 Å². The van der Waals surface area contributed by atoms with Crippen LogP contribution in [0.3, 0.4) is 0 Å². The van der Waals surface area contributed by atoms with Crippen molar-refractivity contribution >= 4 is 21.7 Å². The van der Waals surface area contributed by atoms with E-state index >= 15 is 0 Å². The standard InChI is InChI=1S/C15H18BrN3O/c1-4-17-15-13(16)12(9-20-3)18-14(19-15)11-7-5-6-10(2)8-11/h5-8H,4,9H2,1-3H3,(H,17,18,19). The van der Waals surface area contributed by atoms with E-state index in [2.05, 4.69) is 50.3 Å². The molecule has 1 aromatic carbocycles. The Labute approximate surface area is 127 Å². The number of rotatable bonds is 5. The summed E-state index contributed by atoms with van der Waals surface area (Å²) in [6.07, 6.45) is 0. The SMILES string of the molecule is CCNc1nc(-c2cccc(C)c2)nc(COC)c1Br. The normalized spacial score (nSPS) is 10.6. The first-order chi connectivity index (χ1) is 9.65. The molecule has 0 aliphatic carbocycles. The van der Waals surface area contributed by atoms with E-state index in [0.29, 0.717) is 12.4 Å². The zero-order valence-electron chi connectivity index (χ0n) is 11.9. The third-order valence-electron chi connectivity index (χ3n) is 2.82. The van der Waals surface area contributed by atoms with Crippen molar-refractivity contribution in [3.8, 4) is 11.4 Å². The second-order valence-corrected chi connectivity index (χ2v) is 5.28. The number of ether oxygens (including phenoxy) is 1. The average Bonchev–Trinajstić information content (AvgIpc) is 2.43. The topological polar surface area (TPSA) is 47.0 Å². The van der Waals surface area contributed by atoms with Gasteiger partial charge in [0.05, 0.1) is 16.8 Å². The summed E-state index contributed by atoms with van der Waals surface area (Å²) in [5.74, 6) is 1.51. The van der Waals surface area contributed by atoms with Crippen LogP contribution in [-0.2, 0) is 11.3 Å². The molecular formula is C15H18BrN3O. The van der Waals surface area contributed by atoms with Gasteiger partial charge < -0.3 is 10.1 Å². The smallest absolute Gasteiger partial charge is 0.161 e. The summed E-state index contributed by atoms with van der Waals surface area (Å²) in [5.41, 5.74) is 3.04. The first kappa shape index (κ1) is 14.9. The lowest BCUT2D eigenvalue weighted by Crippen LogP contribution is -2.07. The van der Waals surface area contributed by atoms with E-state index in [1.807, 2.05) is 19.1 Å². The fourth-order valence-corrected chi connectivity index (χ4v) is 2.36. The second-order valence-electron chi connectivity index (χ2n) is 4.49. The number of aromatic nitrogens is 2. The van der Waals surface area contributed by atoms with Crippen LogP contribution in [0.25, 0.3) is 11.4 Å². The van der Waals surface area contributed by atoms with E-state index < -0.39 is 0 Å². The first-order valence-electron chi connectivity index (χ1n) is 6.52. The zero-order valence-corrected chi connectivity index (χ0v) is 13.5. The van der Waals surface area contributed by atoms with Crippen molar-refractivity contribution in [2.24, 2.45) is 0 Å². The van der Waals surface area contributed by atoms with Crippen LogP contribution < -0.4 is 5.32 Å². The molecule has 0 fully saturated rings. The van der Waals surface area contributed by atoms with Crippen LogP contribution >= 0.6 is 15.9 Å². The fraction of sp³-hybridized carbons (Fsp3) is 0.333. The Morgan fingerprint density at radius 3 is 2.75 bits per heavy atom. The van der Waals surface area contributed by atoms with Crippen LogP contribution in [0, 0.1) is 6.92 Å². The number of benzene rings is 1. The number of halogens is 1. The number of anilines is 1. The minimum absolute atomic E-state index is 0.445. The highest BCUT2D eigenvalue weighted by Crippen LogP contribution is 2.28. The average molecular weight is 336 g/mol. The quantitative estimate of drug-likeness (QED) is 0.902. The Balaban J connectivity index is 2.52. The van der Waals surface area contributed by atoms with Crippen molar-refractivity contribution in [2.75, 3.05) is 19.0 Å². The van der Waals surface area contributed by atoms with Gasteiger partial charge in [0, 0.05) is 19.2 Å². The predicted molar refractivity (Wildman–Crippen MR) is 84.8 cm³/mol. The zero-order chi connectivity index (χ0) is 14.5. The molecule has 2 aromatic rings. The molecule has 0 unspecified atom stereocenters. The molecule has 0 amide bonds. The Morgan fingerprint density at radius 1 is 1.30 bits per heavy atom. The molecule has 0 spiro atoms. The summed E-state index contributed by atoms with van der Waals surface area (Å²) >= 11 is 3.54. The van der Waals surface area contributed by atoms with Crippen LogP contribution in [0.2, 0.25) is 0 Å². The van der Waals surface area contributed by atoms with Crippen LogP contribution in [0.15, 0.2) is 28.7 Å². The number of nitrogens with one attached hydrogen (secondary N) is 1. The van der Waals surface area contributed by atoms with Gasteiger partial charge in [0.2, 0.25) is 0 Å². The number of hydrogen-bond donors (Lipinski definition) is 1. The molecule has 5 heteroatoms. The van der Waals surface area contributed by atoms with Gasteiger partial charge in [0.15, 0.2) is 5.82 Å². The third kappa shape index (κ3) is 3.35. The van der Waals surface area contributed by atoms with E-state index in [9.17, 15) is 0 Å². The van der Waals surface area contributed by atoms with Crippen molar-refractivity contribution in [1.29, 1.82) is 0 Å². The van der Waals surface area contributed by atoms with Crippen LogP contribution in [0.5, 0.6) is 0 Å². The van der Waals surface area contributed by atoms with Gasteiger partial charge in [-0.05, 0) is 35.8 Å². The maximum absolute atomic E-state index is 5.21. The minimum Gasteiger partial charge on any atom is -0.378 e. The summed E-state index contributed by atoms with van der Waals surface area (Å²) in [6.45, 7) is 5.34. The third-order valence-corrected chi connectivity index (χ3v) is 3.65. The van der Waals surface area contributed by atoms with E-state index in [1.54, 1.807) is 7.11 Å². The molecule has 2 rings (SSSR count). The minimum atomic E-state index is 0.445. The largest absolute Gasteiger partial charge is 0.378 e. The van der Waals surface area contributed by atoms with E-state index in [1.165, 1.54) is 5.56 Å². The molecule has 20 heavy (non-hydrogen) atoms. The Bertz CT molecular complexity index is 574. The Kier molecular flexibility index (Phi) is 5.09. The van der Waals surface area contributed by atoms with Crippen LogP contribution in [0.4, 0.5) is 5.82 Å². The lowest BCUT2D eigenvalue weighted by molar-refractivity contribution is 0.181. The Hall–Kier alpha value is -1.46. The van der Waals surface area contributed by atoms with E-state index in [0.717, 1.165) is 28.1 Å². The molecule has 0 saturated carbocycles. The predicted octanol–water partition coefficient (Wildman–Crippen LogP) is 3.79. The van der Waals surface area contributed by atoms with Crippen molar-refractivity contribution in [3.63, 3.8) is 0 Å². The summed E-state index contributed by atoms with van der Waals surface area (Å²) in [6, 6.07) is 8.17. The van der Waals surface area contributed by atoms with Crippen molar-refractivity contribution in [3.05, 3.63) is 40.0 Å². The van der Waals surface area contributed by atoms with Crippen LogP contribution in [0.1, 0.15) is 18.2 Å². The number of aryl methyl sites for hydroxylation is 1. The van der Waals surface area contributed by atoms with Crippen molar-refractivity contribution in [2.45, 2.75) is 20.5 Å². The van der Waals surface area contributed by atoms with Gasteiger partial charge in [-0.25, -0.2) is 9.97 Å². The number of nitrogens with zero attached hydrogens (tertiary/aromatic N) is 2. The van der Waals surface area contributed by atoms with Gasteiger partial charge in [-0.3, -0.25) is 0 Å². The Morgan fingerprint density at radius 2 is 2.10 bits per heavy atom. The lowest BCUT2D eigenvalue weighted by Gasteiger charge is -2.12. The highest BCUT2D eigenvalue weighted by molar-refractivity contribution is 9.10. The highest BCUT2D eigenvalue weighted by Gasteiger charge is 2.13. The lowest BCUT2D eigenvalue weighted by atomic mass is 10.1. The van der Waals surface area contributed by atoms with Gasteiger partial charge in [-0.2, -0.15) is 0 Å². The van der Waals surface area contributed by atoms with Crippen LogP contribution in [-0.4, -0.2) is 23.6 Å². The van der Waals surface area contributed by atoms with Gasteiger partial charge in [-0.15, -0.1) is 0 Å². The summed E-state index contributed by atoms with van der Waals surface area (Å²) in [4.78, 5) is 9.18. The van der Waals surface area contributed by atoms with E-state index in [-0.39, 0.29) is 0 Å². The molecule has 0 saturated heterocycles. The molecule has 4 nitrogen and oxygen atoms in total. The van der Waals surface area contributed by atoms with Gasteiger partial charge in [0.25, 0.3) is 0 Å². The summed E-state index contributed by atoms with van der Waals surface area (Å²) in [5, 5.41) is 3.25. The molecule has 0 bridgehead atoms. The maximum Gasteiger partial charge on any atom is 0.161 e. The molecule has 1 N–H and O–H groups in total. The summed E-state index contributed by atoms with van der Waals surface area (Å²) in [7, 11) is 1.66. The van der Waals surface area contributed by atoms with Crippen molar-refractivity contribution in [1.82, 2.24) is 9.97 Å². The summed E-state index contributed by atoms with van der Waals surface area (Å²) < 4.78 is 6.07. The monoisotopic (exact) mass is 335 g/mol. The molecule has 1 heterocycles.